The zero-order valence-electron chi connectivity index (χ0n) is 13.9. The fourth-order valence-electron chi connectivity index (χ4n) is 3.12. The van der Waals surface area contributed by atoms with Gasteiger partial charge in [-0.2, -0.15) is 8.78 Å². The third-order valence-electron chi connectivity index (χ3n) is 4.53. The van der Waals surface area contributed by atoms with Gasteiger partial charge in [0.05, 0.1) is 12.0 Å². The number of nitrogens with one attached hydrogen (secondary N) is 1. The maximum atomic E-state index is 12.5. The Morgan fingerprint density at radius 1 is 1.33 bits per heavy atom. The Kier molecular flexibility index (Phi) is 7.42. The minimum Gasteiger partial charge on any atom is -0.435 e. The van der Waals surface area contributed by atoms with Gasteiger partial charge in [-0.3, -0.25) is 4.79 Å². The molecular weight excluding hydrogens is 338 g/mol. The molecule has 1 aromatic carbocycles. The van der Waals surface area contributed by atoms with Crippen LogP contribution in [0.1, 0.15) is 51.1 Å². The molecular formula is C17H25ClF2N2O2. The van der Waals surface area contributed by atoms with Crippen LogP contribution in [0, 0.1) is 5.92 Å². The monoisotopic (exact) mass is 362 g/mol. The van der Waals surface area contributed by atoms with E-state index in [1.54, 1.807) is 12.1 Å². The summed E-state index contributed by atoms with van der Waals surface area (Å²) in [6, 6.07) is 6.06. The number of halogens is 3. The van der Waals surface area contributed by atoms with Crippen molar-refractivity contribution in [3.05, 3.63) is 29.8 Å². The first kappa shape index (κ1) is 20.6. The third kappa shape index (κ3) is 5.31. The van der Waals surface area contributed by atoms with Gasteiger partial charge < -0.3 is 15.8 Å². The van der Waals surface area contributed by atoms with E-state index in [2.05, 4.69) is 10.1 Å². The van der Waals surface area contributed by atoms with Crippen molar-refractivity contribution >= 4 is 18.3 Å². The molecule has 3 unspecified atom stereocenters. The van der Waals surface area contributed by atoms with E-state index in [1.807, 2.05) is 13.8 Å². The molecule has 1 saturated carbocycles. The van der Waals surface area contributed by atoms with E-state index >= 15 is 0 Å². The fourth-order valence-corrected chi connectivity index (χ4v) is 3.12. The minimum absolute atomic E-state index is 0. The maximum absolute atomic E-state index is 12.5. The van der Waals surface area contributed by atoms with Crippen molar-refractivity contribution in [2.24, 2.45) is 11.7 Å². The minimum atomic E-state index is -2.84. The molecule has 1 aliphatic rings. The molecule has 0 heterocycles. The highest BCUT2D eigenvalue weighted by atomic mass is 35.5. The van der Waals surface area contributed by atoms with Gasteiger partial charge in [-0.05, 0) is 44.4 Å². The van der Waals surface area contributed by atoms with Gasteiger partial charge in [0.1, 0.15) is 5.75 Å². The zero-order valence-corrected chi connectivity index (χ0v) is 14.7. The molecule has 2 rings (SSSR count). The lowest BCUT2D eigenvalue weighted by Gasteiger charge is -2.37. The predicted molar refractivity (Wildman–Crippen MR) is 91.4 cm³/mol. The van der Waals surface area contributed by atoms with Crippen molar-refractivity contribution in [3.63, 3.8) is 0 Å². The molecule has 0 radical (unpaired) electrons. The van der Waals surface area contributed by atoms with Crippen molar-refractivity contribution in [3.8, 4) is 5.75 Å². The molecule has 0 aromatic heterocycles. The number of rotatable bonds is 5. The molecule has 3 N–H and O–H groups in total. The summed E-state index contributed by atoms with van der Waals surface area (Å²) in [4.78, 5) is 12.5. The normalized spacial score (nSPS) is 24.8. The second-order valence-corrected chi connectivity index (χ2v) is 6.48. The quantitative estimate of drug-likeness (QED) is 0.837. The Morgan fingerprint density at radius 3 is 2.50 bits per heavy atom. The summed E-state index contributed by atoms with van der Waals surface area (Å²) < 4.78 is 28.6. The lowest BCUT2D eigenvalue weighted by atomic mass is 9.74. The van der Waals surface area contributed by atoms with Crippen molar-refractivity contribution in [2.45, 2.75) is 57.7 Å². The van der Waals surface area contributed by atoms with Gasteiger partial charge in [0.2, 0.25) is 5.91 Å². The summed E-state index contributed by atoms with van der Waals surface area (Å²) in [6.45, 7) is 0.946. The molecule has 1 amide bonds. The predicted octanol–water partition coefficient (Wildman–Crippen LogP) is 3.79. The van der Waals surface area contributed by atoms with E-state index in [4.69, 9.17) is 5.73 Å². The number of ether oxygens (including phenoxy) is 1. The molecule has 136 valence electrons. The molecule has 24 heavy (non-hydrogen) atoms. The van der Waals surface area contributed by atoms with E-state index in [1.165, 1.54) is 12.1 Å². The molecule has 0 saturated heterocycles. The number of carbonyl (C=O) groups excluding carboxylic acids is 1. The van der Waals surface area contributed by atoms with Crippen molar-refractivity contribution in [1.82, 2.24) is 5.32 Å². The van der Waals surface area contributed by atoms with Crippen molar-refractivity contribution in [1.29, 1.82) is 0 Å². The van der Waals surface area contributed by atoms with Gasteiger partial charge in [-0.25, -0.2) is 0 Å². The molecule has 1 fully saturated rings. The number of hydrogen-bond acceptors (Lipinski definition) is 3. The highest BCUT2D eigenvalue weighted by Gasteiger charge is 2.38. The topological polar surface area (TPSA) is 64.4 Å². The maximum Gasteiger partial charge on any atom is 0.387 e. The van der Waals surface area contributed by atoms with Gasteiger partial charge in [0.15, 0.2) is 0 Å². The Hall–Kier alpha value is -1.40. The molecule has 1 aliphatic carbocycles. The molecule has 0 aliphatic heterocycles. The summed E-state index contributed by atoms with van der Waals surface area (Å²) in [5.74, 6) is -0.140. The van der Waals surface area contributed by atoms with E-state index in [-0.39, 0.29) is 36.0 Å². The van der Waals surface area contributed by atoms with Crippen LogP contribution in [-0.4, -0.2) is 18.1 Å². The second kappa shape index (κ2) is 8.62. The highest BCUT2D eigenvalue weighted by Crippen LogP contribution is 2.32. The largest absolute Gasteiger partial charge is 0.435 e. The first-order valence-electron chi connectivity index (χ1n) is 7.93. The molecule has 7 heteroatoms. The smallest absolute Gasteiger partial charge is 0.387 e. The van der Waals surface area contributed by atoms with Crippen LogP contribution >= 0.6 is 12.4 Å². The Balaban J connectivity index is 0.00000288. The number of benzene rings is 1. The number of alkyl halides is 2. The lowest BCUT2D eigenvalue weighted by Crippen LogP contribution is -2.53. The lowest BCUT2D eigenvalue weighted by molar-refractivity contribution is -0.128. The second-order valence-electron chi connectivity index (χ2n) is 6.48. The number of amides is 1. The number of carbonyl (C=O) groups is 1. The highest BCUT2D eigenvalue weighted by molar-refractivity contribution is 5.85. The third-order valence-corrected chi connectivity index (χ3v) is 4.53. The van der Waals surface area contributed by atoms with E-state index in [9.17, 15) is 13.6 Å². The summed E-state index contributed by atoms with van der Waals surface area (Å²) >= 11 is 0. The van der Waals surface area contributed by atoms with E-state index in [0.717, 1.165) is 31.2 Å². The van der Waals surface area contributed by atoms with E-state index < -0.39 is 12.2 Å². The molecule has 1 aromatic rings. The van der Waals surface area contributed by atoms with Crippen LogP contribution in [-0.2, 0) is 4.79 Å². The van der Waals surface area contributed by atoms with E-state index in [0.29, 0.717) is 0 Å². The van der Waals surface area contributed by atoms with Crippen LogP contribution in [0.5, 0.6) is 5.75 Å². The molecule has 0 bridgehead atoms. The fraction of sp³-hybridized carbons (Fsp3) is 0.588. The van der Waals surface area contributed by atoms with Crippen LogP contribution in [0.3, 0.4) is 0 Å². The standard InChI is InChI=1S/C17H24F2N2O2.ClH/c1-11(12-6-8-13(9-7-12)23-16(18)19)21-15(22)14-5-3-4-10-17(14,2)20;/h6-9,11,14,16H,3-5,10,20H2,1-2H3,(H,21,22);1H. The SMILES string of the molecule is CC(NC(=O)C1CCCCC1(C)N)c1ccc(OC(F)F)cc1.Cl. The summed E-state index contributed by atoms with van der Waals surface area (Å²) in [5.41, 5.74) is 6.61. The average Bonchev–Trinajstić information content (AvgIpc) is 2.46. The Bertz CT molecular complexity index is 538. The number of nitrogens with two attached hydrogens (primary N) is 1. The Morgan fingerprint density at radius 2 is 1.96 bits per heavy atom. The van der Waals surface area contributed by atoms with Crippen LogP contribution in [0.25, 0.3) is 0 Å². The summed E-state index contributed by atoms with van der Waals surface area (Å²) in [6.07, 6.45) is 3.71. The van der Waals surface area contributed by atoms with Gasteiger partial charge in [-0.15, -0.1) is 12.4 Å². The average molecular weight is 363 g/mol. The van der Waals surface area contributed by atoms with Crippen molar-refractivity contribution in [2.75, 3.05) is 0 Å². The molecule has 4 nitrogen and oxygen atoms in total. The molecule has 3 atom stereocenters. The van der Waals surface area contributed by atoms with Crippen LogP contribution < -0.4 is 15.8 Å². The Labute approximate surface area is 147 Å². The zero-order chi connectivity index (χ0) is 17.0. The number of hydrogen-bond donors (Lipinski definition) is 2. The summed E-state index contributed by atoms with van der Waals surface area (Å²) in [5, 5.41) is 2.97. The van der Waals surface area contributed by atoms with Crippen LogP contribution in [0.2, 0.25) is 0 Å². The first-order chi connectivity index (χ1) is 10.8. The van der Waals surface area contributed by atoms with Crippen LogP contribution in [0.4, 0.5) is 8.78 Å². The first-order valence-corrected chi connectivity index (χ1v) is 7.93. The van der Waals surface area contributed by atoms with Gasteiger partial charge in [-0.1, -0.05) is 25.0 Å². The van der Waals surface area contributed by atoms with Crippen molar-refractivity contribution < 1.29 is 18.3 Å². The van der Waals surface area contributed by atoms with Crippen LogP contribution in [0.15, 0.2) is 24.3 Å². The summed E-state index contributed by atoms with van der Waals surface area (Å²) in [7, 11) is 0. The van der Waals surface area contributed by atoms with Gasteiger partial charge in [0.25, 0.3) is 0 Å². The molecule has 0 spiro atoms. The van der Waals surface area contributed by atoms with Gasteiger partial charge >= 0.3 is 6.61 Å². The van der Waals surface area contributed by atoms with Gasteiger partial charge in [0, 0.05) is 5.54 Å².